The Morgan fingerprint density at radius 1 is 1.06 bits per heavy atom. The van der Waals surface area contributed by atoms with E-state index in [0.29, 0.717) is 12.2 Å². The fourth-order valence-corrected chi connectivity index (χ4v) is 5.37. The summed E-state index contributed by atoms with van der Waals surface area (Å²) in [7, 11) is 0. The molecule has 36 heavy (non-hydrogen) atoms. The number of fused-ring (bicyclic) bond motifs is 1. The van der Waals surface area contributed by atoms with Gasteiger partial charge >= 0.3 is 5.97 Å². The van der Waals surface area contributed by atoms with Gasteiger partial charge in [-0.25, -0.2) is 4.98 Å². The van der Waals surface area contributed by atoms with E-state index in [2.05, 4.69) is 37.0 Å². The number of likely N-dealkylation sites (tertiary alicyclic amines) is 1. The fraction of sp³-hybridized carbons (Fsp3) is 0.444. The van der Waals surface area contributed by atoms with Crippen LogP contribution in [0.2, 0.25) is 0 Å². The summed E-state index contributed by atoms with van der Waals surface area (Å²) in [6.45, 7) is 3.88. The zero-order valence-corrected chi connectivity index (χ0v) is 20.7. The second kappa shape index (κ2) is 11.0. The summed E-state index contributed by atoms with van der Waals surface area (Å²) >= 11 is 0. The van der Waals surface area contributed by atoms with Gasteiger partial charge in [-0.1, -0.05) is 69.4 Å². The summed E-state index contributed by atoms with van der Waals surface area (Å²) in [6, 6.07) is 15.9. The van der Waals surface area contributed by atoms with Crippen LogP contribution in [0, 0.1) is 5.92 Å². The third-order valence-electron chi connectivity index (χ3n) is 7.16. The van der Waals surface area contributed by atoms with E-state index >= 15 is 0 Å². The average Bonchev–Trinajstić information content (AvgIpc) is 3.64. The number of para-hydroxylation sites is 2. The maximum Gasteiger partial charge on any atom is 0.310 e. The van der Waals surface area contributed by atoms with Crippen molar-refractivity contribution in [3.8, 4) is 22.8 Å². The number of carbonyl (C=O) groups is 1. The predicted octanol–water partition coefficient (Wildman–Crippen LogP) is 5.15. The number of imidazole rings is 1. The summed E-state index contributed by atoms with van der Waals surface area (Å²) < 4.78 is 2.15. The number of aliphatic carboxylic acids is 1. The molecule has 4 aromatic rings. The van der Waals surface area contributed by atoms with E-state index in [1.54, 1.807) is 0 Å². The van der Waals surface area contributed by atoms with Gasteiger partial charge in [0.2, 0.25) is 5.82 Å². The second-order valence-electron chi connectivity index (χ2n) is 9.56. The Labute approximate surface area is 210 Å². The van der Waals surface area contributed by atoms with Crippen LogP contribution in [0.4, 0.5) is 0 Å². The first-order valence-corrected chi connectivity index (χ1v) is 13.0. The molecular formula is C27H33N7O2. The van der Waals surface area contributed by atoms with Crippen molar-refractivity contribution in [2.75, 3.05) is 13.1 Å². The zero-order chi connectivity index (χ0) is 24.9. The maximum atomic E-state index is 12.4. The van der Waals surface area contributed by atoms with Gasteiger partial charge in [-0.05, 0) is 36.3 Å². The highest BCUT2D eigenvalue weighted by Gasteiger charge is 2.41. The number of rotatable bonds is 11. The van der Waals surface area contributed by atoms with Crippen molar-refractivity contribution in [1.29, 1.82) is 0 Å². The summed E-state index contributed by atoms with van der Waals surface area (Å²) in [6.07, 6.45) is 7.59. The van der Waals surface area contributed by atoms with Gasteiger partial charge in [-0.2, -0.15) is 5.21 Å². The third kappa shape index (κ3) is 4.88. The van der Waals surface area contributed by atoms with Crippen molar-refractivity contribution in [1.82, 2.24) is 35.1 Å². The Hall–Kier alpha value is -3.59. The number of nitrogens with one attached hydrogen (secondary N) is 1. The van der Waals surface area contributed by atoms with Crippen molar-refractivity contribution in [2.45, 2.75) is 58.0 Å². The second-order valence-corrected chi connectivity index (χ2v) is 9.56. The number of benzene rings is 2. The molecule has 9 nitrogen and oxygen atoms in total. The highest BCUT2D eigenvalue weighted by Crippen LogP contribution is 2.40. The highest BCUT2D eigenvalue weighted by molar-refractivity contribution is 5.82. The van der Waals surface area contributed by atoms with Crippen molar-refractivity contribution in [3.05, 3.63) is 48.5 Å². The molecule has 3 heterocycles. The van der Waals surface area contributed by atoms with E-state index in [0.717, 1.165) is 47.5 Å². The van der Waals surface area contributed by atoms with Crippen LogP contribution < -0.4 is 0 Å². The molecular weight excluding hydrogens is 454 g/mol. The molecule has 0 aliphatic carbocycles. The van der Waals surface area contributed by atoms with Crippen molar-refractivity contribution in [3.63, 3.8) is 0 Å². The molecule has 188 valence electrons. The van der Waals surface area contributed by atoms with Gasteiger partial charge in [0, 0.05) is 24.2 Å². The van der Waals surface area contributed by atoms with Crippen molar-refractivity contribution in [2.24, 2.45) is 5.92 Å². The number of carboxylic acid groups (broad SMARTS) is 1. The van der Waals surface area contributed by atoms with Gasteiger partial charge in [0.05, 0.1) is 17.0 Å². The lowest BCUT2D eigenvalue weighted by Crippen LogP contribution is -2.34. The Balaban J connectivity index is 1.53. The van der Waals surface area contributed by atoms with Gasteiger partial charge in [0.25, 0.3) is 0 Å². The fourth-order valence-electron chi connectivity index (χ4n) is 5.37. The van der Waals surface area contributed by atoms with Crippen LogP contribution in [0.3, 0.4) is 0 Å². The van der Waals surface area contributed by atoms with Gasteiger partial charge in [0.1, 0.15) is 12.0 Å². The minimum absolute atomic E-state index is 0.297. The molecule has 1 saturated heterocycles. The quantitative estimate of drug-likeness (QED) is 0.281. The van der Waals surface area contributed by atoms with E-state index in [1.807, 2.05) is 48.5 Å². The molecule has 2 aromatic carbocycles. The highest BCUT2D eigenvalue weighted by atomic mass is 16.4. The van der Waals surface area contributed by atoms with Crippen molar-refractivity contribution < 1.29 is 9.90 Å². The molecule has 2 atom stereocenters. The first-order valence-electron chi connectivity index (χ1n) is 13.0. The molecule has 1 fully saturated rings. The van der Waals surface area contributed by atoms with E-state index in [9.17, 15) is 9.90 Å². The molecule has 2 aromatic heterocycles. The van der Waals surface area contributed by atoms with Crippen LogP contribution in [0.15, 0.2) is 48.5 Å². The monoisotopic (exact) mass is 487 g/mol. The predicted molar refractivity (Wildman–Crippen MR) is 138 cm³/mol. The lowest BCUT2D eigenvalue weighted by Gasteiger charge is -2.30. The van der Waals surface area contributed by atoms with E-state index in [4.69, 9.17) is 4.98 Å². The lowest BCUT2D eigenvalue weighted by atomic mass is 10.0. The largest absolute Gasteiger partial charge is 0.481 e. The number of H-pyrrole nitrogens is 1. The van der Waals surface area contributed by atoms with Crippen molar-refractivity contribution >= 4 is 17.0 Å². The van der Waals surface area contributed by atoms with Crippen LogP contribution in [-0.4, -0.2) is 59.2 Å². The number of aromatic amines is 1. The van der Waals surface area contributed by atoms with E-state index in [1.165, 1.54) is 32.1 Å². The average molecular weight is 488 g/mol. The number of carboxylic acids is 1. The molecule has 0 bridgehead atoms. The van der Waals surface area contributed by atoms with Crippen LogP contribution in [0.1, 0.15) is 58.0 Å². The molecule has 0 spiro atoms. The molecule has 5 rings (SSSR count). The number of hydrogen-bond donors (Lipinski definition) is 2. The van der Waals surface area contributed by atoms with Gasteiger partial charge in [0.15, 0.2) is 0 Å². The molecule has 0 radical (unpaired) electrons. The smallest absolute Gasteiger partial charge is 0.310 e. The Kier molecular flexibility index (Phi) is 7.36. The number of unbranched alkanes of at least 4 members (excludes halogenated alkanes) is 5. The topological polar surface area (TPSA) is 113 Å². The van der Waals surface area contributed by atoms with Crippen LogP contribution >= 0.6 is 0 Å². The molecule has 2 unspecified atom stereocenters. The number of nitrogens with zero attached hydrogens (tertiary/aromatic N) is 6. The third-order valence-corrected chi connectivity index (χ3v) is 7.16. The van der Waals surface area contributed by atoms with Gasteiger partial charge in [-0.3, -0.25) is 9.69 Å². The minimum atomic E-state index is -0.755. The summed E-state index contributed by atoms with van der Waals surface area (Å²) in [5, 5.41) is 24.6. The molecule has 2 N–H and O–H groups in total. The minimum Gasteiger partial charge on any atom is -0.481 e. The van der Waals surface area contributed by atoms with Gasteiger partial charge in [-0.15, -0.1) is 10.2 Å². The number of hydrogen-bond acceptors (Lipinski definition) is 6. The zero-order valence-electron chi connectivity index (χ0n) is 20.7. The standard InChI is InChI=1S/C27H33N7O2/c1-2-3-4-5-6-9-16-33-17-15-21(27(35)36)26(33)34-23-14-8-7-13-22(23)28-25(34)20-12-10-11-19(18-20)24-29-31-32-30-24/h7-8,10-14,18,21,26H,2-6,9,15-17H2,1H3,(H,35,36)(H,29,30,31,32). The molecule has 1 aliphatic rings. The lowest BCUT2D eigenvalue weighted by molar-refractivity contribution is -0.143. The SMILES string of the molecule is CCCCCCCCN1CCC(C(=O)O)C1n1c(-c2cccc(-c3nn[nH]n3)c2)nc2ccccc21. The Morgan fingerprint density at radius 2 is 1.86 bits per heavy atom. The van der Waals surface area contributed by atoms with E-state index < -0.39 is 11.9 Å². The molecule has 1 aliphatic heterocycles. The summed E-state index contributed by atoms with van der Waals surface area (Å²) in [5.74, 6) is 0.0118. The normalized spacial score (nSPS) is 18.2. The van der Waals surface area contributed by atoms with Crippen LogP contribution in [0.5, 0.6) is 0 Å². The van der Waals surface area contributed by atoms with E-state index in [-0.39, 0.29) is 6.17 Å². The number of aromatic nitrogens is 6. The summed E-state index contributed by atoms with van der Waals surface area (Å²) in [4.78, 5) is 19.7. The molecule has 9 heteroatoms. The first-order chi connectivity index (χ1) is 17.7. The van der Waals surface area contributed by atoms with Crippen LogP contribution in [-0.2, 0) is 4.79 Å². The molecule has 0 saturated carbocycles. The first kappa shape index (κ1) is 24.1. The Bertz CT molecular complexity index is 1300. The number of tetrazole rings is 1. The Morgan fingerprint density at radius 3 is 2.67 bits per heavy atom. The van der Waals surface area contributed by atoms with Gasteiger partial charge < -0.3 is 9.67 Å². The summed E-state index contributed by atoms with van der Waals surface area (Å²) in [5.41, 5.74) is 3.52. The maximum absolute atomic E-state index is 12.4. The molecule has 0 amide bonds. The van der Waals surface area contributed by atoms with Crippen LogP contribution in [0.25, 0.3) is 33.8 Å².